The molecule has 0 aromatic heterocycles. The van der Waals surface area contributed by atoms with Gasteiger partial charge in [-0.25, -0.2) is 0 Å². The first-order valence-corrected chi connectivity index (χ1v) is 6.70. The molecule has 1 atom stereocenters. The Balaban J connectivity index is 1.85. The zero-order valence-corrected chi connectivity index (χ0v) is 10.7. The lowest BCUT2D eigenvalue weighted by molar-refractivity contribution is 0.404. The summed E-state index contributed by atoms with van der Waals surface area (Å²) in [6, 6.07) is 9.00. The van der Waals surface area contributed by atoms with Crippen LogP contribution >= 0.6 is 11.8 Å². The van der Waals surface area contributed by atoms with Crippen molar-refractivity contribution >= 4 is 11.8 Å². The molecule has 0 saturated heterocycles. The Morgan fingerprint density at radius 3 is 2.88 bits per heavy atom. The second-order valence-corrected chi connectivity index (χ2v) is 5.74. The van der Waals surface area contributed by atoms with E-state index in [4.69, 9.17) is 4.74 Å². The molecule has 1 aliphatic carbocycles. The van der Waals surface area contributed by atoms with Gasteiger partial charge in [0.15, 0.2) is 0 Å². The fraction of sp³-hybridized carbons (Fsp3) is 0.538. The molecule has 0 bridgehead atoms. The first-order chi connectivity index (χ1) is 7.79. The third kappa shape index (κ3) is 3.42. The lowest BCUT2D eigenvalue weighted by Crippen LogP contribution is -2.24. The van der Waals surface area contributed by atoms with Gasteiger partial charge < -0.3 is 10.1 Å². The largest absolute Gasteiger partial charge is 0.496 e. The summed E-state index contributed by atoms with van der Waals surface area (Å²) in [6.45, 7) is 3.33. The molecule has 1 fully saturated rings. The fourth-order valence-corrected chi connectivity index (χ4v) is 2.63. The van der Waals surface area contributed by atoms with Gasteiger partial charge in [0.2, 0.25) is 0 Å². The van der Waals surface area contributed by atoms with Gasteiger partial charge in [-0.2, -0.15) is 0 Å². The zero-order chi connectivity index (χ0) is 11.4. The van der Waals surface area contributed by atoms with E-state index in [-0.39, 0.29) is 0 Å². The van der Waals surface area contributed by atoms with Crippen LogP contribution in [0.25, 0.3) is 0 Å². The summed E-state index contributed by atoms with van der Waals surface area (Å²) in [5, 5.41) is 4.13. The molecular formula is C13H19NOS. The van der Waals surface area contributed by atoms with E-state index in [0.717, 1.165) is 18.3 Å². The van der Waals surface area contributed by atoms with Crippen LogP contribution in [0.15, 0.2) is 29.2 Å². The number of thioether (sulfide) groups is 1. The van der Waals surface area contributed by atoms with E-state index in [1.54, 1.807) is 7.11 Å². The van der Waals surface area contributed by atoms with Gasteiger partial charge in [0.25, 0.3) is 0 Å². The van der Waals surface area contributed by atoms with Crippen molar-refractivity contribution in [2.24, 2.45) is 0 Å². The molecule has 1 aliphatic rings. The highest BCUT2D eigenvalue weighted by molar-refractivity contribution is 8.00. The van der Waals surface area contributed by atoms with Crippen LogP contribution in [0.1, 0.15) is 19.8 Å². The number of hydrogen-bond acceptors (Lipinski definition) is 3. The maximum atomic E-state index is 5.34. The van der Waals surface area contributed by atoms with Gasteiger partial charge in [0.05, 0.1) is 7.11 Å². The maximum Gasteiger partial charge on any atom is 0.132 e. The molecular weight excluding hydrogens is 218 g/mol. The molecule has 3 heteroatoms. The van der Waals surface area contributed by atoms with E-state index < -0.39 is 0 Å². The highest BCUT2D eigenvalue weighted by Gasteiger charge is 2.21. The van der Waals surface area contributed by atoms with Crippen LogP contribution in [0.2, 0.25) is 0 Å². The molecule has 1 unspecified atom stereocenters. The van der Waals surface area contributed by atoms with Gasteiger partial charge >= 0.3 is 0 Å². The quantitative estimate of drug-likeness (QED) is 0.769. The monoisotopic (exact) mass is 237 g/mol. The van der Waals surface area contributed by atoms with Crippen LogP contribution in [0, 0.1) is 0 Å². The van der Waals surface area contributed by atoms with Gasteiger partial charge in [-0.05, 0) is 25.0 Å². The van der Waals surface area contributed by atoms with Gasteiger partial charge in [-0.3, -0.25) is 0 Å². The first kappa shape index (κ1) is 11.8. The molecule has 2 nitrogen and oxygen atoms in total. The van der Waals surface area contributed by atoms with Crippen molar-refractivity contribution in [2.45, 2.75) is 36.0 Å². The lowest BCUT2D eigenvalue weighted by Gasteiger charge is -2.14. The Kier molecular flexibility index (Phi) is 4.13. The molecule has 0 amide bonds. The Morgan fingerprint density at radius 2 is 2.19 bits per heavy atom. The number of methoxy groups -OCH3 is 1. The molecule has 2 rings (SSSR count). The van der Waals surface area contributed by atoms with Gasteiger partial charge in [0.1, 0.15) is 5.75 Å². The SMILES string of the molecule is COc1ccccc1SC(C)CNC1CC1. The fourth-order valence-electron chi connectivity index (χ4n) is 1.59. The van der Waals surface area contributed by atoms with Crippen molar-refractivity contribution in [3.05, 3.63) is 24.3 Å². The Morgan fingerprint density at radius 1 is 1.44 bits per heavy atom. The maximum absolute atomic E-state index is 5.34. The predicted octanol–water partition coefficient (Wildman–Crippen LogP) is 2.93. The summed E-state index contributed by atoms with van der Waals surface area (Å²) in [7, 11) is 1.73. The van der Waals surface area contributed by atoms with Gasteiger partial charge in [0, 0.05) is 22.7 Å². The minimum absolute atomic E-state index is 0.580. The summed E-state index contributed by atoms with van der Waals surface area (Å²) in [6.07, 6.45) is 2.71. The summed E-state index contributed by atoms with van der Waals surface area (Å²) in [5.74, 6) is 0.978. The topological polar surface area (TPSA) is 21.3 Å². The molecule has 0 radical (unpaired) electrons. The predicted molar refractivity (Wildman–Crippen MR) is 69.3 cm³/mol. The number of benzene rings is 1. The van der Waals surface area contributed by atoms with Crippen molar-refractivity contribution in [1.29, 1.82) is 0 Å². The smallest absolute Gasteiger partial charge is 0.132 e. The number of rotatable bonds is 6. The molecule has 0 heterocycles. The summed E-state index contributed by atoms with van der Waals surface area (Å²) >= 11 is 1.88. The Hall–Kier alpha value is -0.670. The summed E-state index contributed by atoms with van der Waals surface area (Å²) in [5.41, 5.74) is 0. The average Bonchev–Trinajstić information content (AvgIpc) is 3.11. The highest BCUT2D eigenvalue weighted by Crippen LogP contribution is 2.31. The van der Waals surface area contributed by atoms with Crippen LogP contribution in [0.4, 0.5) is 0 Å². The zero-order valence-electron chi connectivity index (χ0n) is 9.90. The van der Waals surface area contributed by atoms with Crippen LogP contribution in [0.3, 0.4) is 0 Å². The van der Waals surface area contributed by atoms with Crippen LogP contribution in [-0.2, 0) is 0 Å². The Labute approximate surface area is 102 Å². The molecule has 0 spiro atoms. The first-order valence-electron chi connectivity index (χ1n) is 5.82. The summed E-state index contributed by atoms with van der Waals surface area (Å²) in [4.78, 5) is 1.23. The molecule has 1 aromatic carbocycles. The third-order valence-electron chi connectivity index (χ3n) is 2.67. The normalized spacial score (nSPS) is 17.1. The van der Waals surface area contributed by atoms with Crippen molar-refractivity contribution in [2.75, 3.05) is 13.7 Å². The van der Waals surface area contributed by atoms with Crippen molar-refractivity contribution in [3.63, 3.8) is 0 Å². The van der Waals surface area contributed by atoms with Crippen molar-refractivity contribution in [1.82, 2.24) is 5.32 Å². The lowest BCUT2D eigenvalue weighted by atomic mass is 10.3. The molecule has 0 aliphatic heterocycles. The molecule has 16 heavy (non-hydrogen) atoms. The average molecular weight is 237 g/mol. The van der Waals surface area contributed by atoms with E-state index in [9.17, 15) is 0 Å². The van der Waals surface area contributed by atoms with Gasteiger partial charge in [-0.1, -0.05) is 19.1 Å². The third-order valence-corrected chi connectivity index (χ3v) is 3.83. The Bertz CT molecular complexity index is 338. The van der Waals surface area contributed by atoms with Crippen LogP contribution in [0.5, 0.6) is 5.75 Å². The minimum Gasteiger partial charge on any atom is -0.496 e. The standard InChI is InChI=1S/C13H19NOS/c1-10(9-14-11-7-8-11)16-13-6-4-3-5-12(13)15-2/h3-6,10-11,14H,7-9H2,1-2H3. The summed E-state index contributed by atoms with van der Waals surface area (Å²) < 4.78 is 5.34. The van der Waals surface area contributed by atoms with E-state index in [2.05, 4.69) is 24.4 Å². The second-order valence-electron chi connectivity index (χ2n) is 4.26. The van der Waals surface area contributed by atoms with Crippen LogP contribution in [-0.4, -0.2) is 24.9 Å². The number of hydrogen-bond donors (Lipinski definition) is 1. The van der Waals surface area contributed by atoms with E-state index >= 15 is 0 Å². The number of para-hydroxylation sites is 1. The number of nitrogens with one attached hydrogen (secondary N) is 1. The van der Waals surface area contributed by atoms with Crippen molar-refractivity contribution < 1.29 is 4.74 Å². The van der Waals surface area contributed by atoms with Gasteiger partial charge in [-0.15, -0.1) is 11.8 Å². The van der Waals surface area contributed by atoms with E-state index in [0.29, 0.717) is 5.25 Å². The molecule has 1 saturated carbocycles. The van der Waals surface area contributed by atoms with E-state index in [1.165, 1.54) is 17.7 Å². The molecule has 1 aromatic rings. The van der Waals surface area contributed by atoms with Crippen LogP contribution < -0.4 is 10.1 Å². The van der Waals surface area contributed by atoms with E-state index in [1.807, 2.05) is 23.9 Å². The molecule has 88 valence electrons. The highest BCUT2D eigenvalue weighted by atomic mass is 32.2. The van der Waals surface area contributed by atoms with Crippen molar-refractivity contribution in [3.8, 4) is 5.75 Å². The minimum atomic E-state index is 0.580. The second kappa shape index (κ2) is 5.60. The number of ether oxygens (including phenoxy) is 1. The molecule has 1 N–H and O–H groups in total.